The van der Waals surface area contributed by atoms with E-state index in [0.717, 1.165) is 6.92 Å². The van der Waals surface area contributed by atoms with Gasteiger partial charge in [0.05, 0.1) is 7.11 Å². The highest BCUT2D eigenvalue weighted by atomic mass is 19.4. The van der Waals surface area contributed by atoms with Crippen molar-refractivity contribution in [2.75, 3.05) is 7.11 Å². The second-order valence-corrected chi connectivity index (χ2v) is 5.67. The zero-order valence-electron chi connectivity index (χ0n) is 14.0. The Labute approximate surface area is 139 Å². The molecular formula is C14H17F5O6. The van der Waals surface area contributed by atoms with E-state index in [1.54, 1.807) is 0 Å². The van der Waals surface area contributed by atoms with E-state index in [4.69, 9.17) is 0 Å². The molecule has 0 rings (SSSR count). The smallest absolute Gasteiger partial charge is 0.427 e. The van der Waals surface area contributed by atoms with E-state index in [0.29, 0.717) is 27.9 Å². The zero-order valence-corrected chi connectivity index (χ0v) is 14.0. The Kier molecular flexibility index (Phi) is 6.35. The molecule has 0 aromatic carbocycles. The summed E-state index contributed by atoms with van der Waals surface area (Å²) in [5.74, 6) is -11.1. The van der Waals surface area contributed by atoms with Crippen molar-refractivity contribution in [1.82, 2.24) is 0 Å². The molecule has 0 bridgehead atoms. The van der Waals surface area contributed by atoms with Gasteiger partial charge in [-0.05, 0) is 27.7 Å². The third-order valence-electron chi connectivity index (χ3n) is 3.11. The molecule has 0 aromatic rings. The van der Waals surface area contributed by atoms with E-state index < -0.39 is 46.8 Å². The highest BCUT2D eigenvalue weighted by molar-refractivity contribution is 5.95. The van der Waals surface area contributed by atoms with Crippen LogP contribution >= 0.6 is 0 Å². The zero-order chi connectivity index (χ0) is 20.4. The molecule has 0 spiro atoms. The lowest BCUT2D eigenvalue weighted by Gasteiger charge is -2.35. The number of hydrogen-bond acceptors (Lipinski definition) is 6. The number of hydrogen-bond donors (Lipinski definition) is 0. The molecule has 0 saturated carbocycles. The first kappa shape index (κ1) is 22.8. The van der Waals surface area contributed by atoms with Gasteiger partial charge in [0, 0.05) is 5.57 Å². The number of rotatable bonds is 6. The van der Waals surface area contributed by atoms with Crippen LogP contribution in [0.2, 0.25) is 0 Å². The molecule has 0 aromatic heterocycles. The summed E-state index contributed by atoms with van der Waals surface area (Å²) in [7, 11) is 0.649. The normalized spacial score (nSPS) is 15.0. The minimum Gasteiger partial charge on any atom is -0.466 e. The number of halogens is 5. The van der Waals surface area contributed by atoms with Crippen LogP contribution in [-0.2, 0) is 28.6 Å². The topological polar surface area (TPSA) is 78.9 Å². The van der Waals surface area contributed by atoms with Gasteiger partial charge in [-0.25, -0.2) is 14.4 Å². The third-order valence-corrected chi connectivity index (χ3v) is 3.11. The Bertz CT molecular complexity index is 581. The van der Waals surface area contributed by atoms with Crippen LogP contribution in [0.4, 0.5) is 22.0 Å². The fourth-order valence-corrected chi connectivity index (χ4v) is 1.25. The largest absolute Gasteiger partial charge is 0.466 e. The summed E-state index contributed by atoms with van der Waals surface area (Å²) in [6.07, 6.45) is -5.17. The monoisotopic (exact) mass is 376 g/mol. The molecule has 0 saturated heterocycles. The van der Waals surface area contributed by atoms with Crippen molar-refractivity contribution in [1.29, 1.82) is 0 Å². The van der Waals surface area contributed by atoms with E-state index in [1.165, 1.54) is 0 Å². The second-order valence-electron chi connectivity index (χ2n) is 5.67. The molecule has 0 radical (unpaired) electrons. The number of esters is 3. The summed E-state index contributed by atoms with van der Waals surface area (Å²) in [5, 5.41) is 0. The fourth-order valence-electron chi connectivity index (χ4n) is 1.25. The van der Waals surface area contributed by atoms with E-state index >= 15 is 0 Å². The Morgan fingerprint density at radius 3 is 1.64 bits per heavy atom. The Morgan fingerprint density at radius 2 is 1.32 bits per heavy atom. The fraction of sp³-hybridized carbons (Fsp3) is 0.643. The van der Waals surface area contributed by atoms with Gasteiger partial charge >= 0.3 is 30.0 Å². The minimum atomic E-state index is -5.17. The summed E-state index contributed by atoms with van der Waals surface area (Å²) in [6.45, 7) is 5.13. The van der Waals surface area contributed by atoms with Crippen LogP contribution in [0, 0.1) is 0 Å². The molecule has 0 heterocycles. The lowest BCUT2D eigenvalue weighted by Crippen LogP contribution is -2.61. The molecule has 0 aliphatic rings. The molecule has 11 heteroatoms. The molecule has 0 N–H and O–H groups in total. The van der Waals surface area contributed by atoms with Gasteiger partial charge in [-0.15, -0.1) is 0 Å². The lowest BCUT2D eigenvalue weighted by atomic mass is 9.97. The van der Waals surface area contributed by atoms with Gasteiger partial charge in [0.15, 0.2) is 0 Å². The first-order valence-electron chi connectivity index (χ1n) is 6.59. The van der Waals surface area contributed by atoms with Crippen LogP contribution in [-0.4, -0.2) is 48.3 Å². The van der Waals surface area contributed by atoms with Crippen molar-refractivity contribution in [2.24, 2.45) is 0 Å². The predicted molar refractivity (Wildman–Crippen MR) is 72.5 cm³/mol. The predicted octanol–water partition coefficient (Wildman–Crippen LogP) is 2.56. The molecule has 25 heavy (non-hydrogen) atoms. The first-order valence-corrected chi connectivity index (χ1v) is 6.59. The van der Waals surface area contributed by atoms with Gasteiger partial charge in [-0.3, -0.25) is 0 Å². The molecule has 1 unspecified atom stereocenters. The van der Waals surface area contributed by atoms with Gasteiger partial charge in [-0.2, -0.15) is 22.0 Å². The van der Waals surface area contributed by atoms with Crippen LogP contribution in [0.3, 0.4) is 0 Å². The minimum absolute atomic E-state index is 0.307. The Hall–Kier alpha value is -2.20. The lowest BCUT2D eigenvalue weighted by molar-refractivity contribution is -0.276. The molecular weight excluding hydrogens is 359 g/mol. The van der Waals surface area contributed by atoms with Crippen LogP contribution < -0.4 is 0 Å². The van der Waals surface area contributed by atoms with E-state index in [-0.39, 0.29) is 0 Å². The summed E-state index contributed by atoms with van der Waals surface area (Å²) in [5.41, 5.74) is -7.27. The van der Waals surface area contributed by atoms with Crippen LogP contribution in [0.25, 0.3) is 0 Å². The number of methoxy groups -OCH3 is 1. The summed E-state index contributed by atoms with van der Waals surface area (Å²) < 4.78 is 79.1. The maximum atomic E-state index is 14.4. The van der Waals surface area contributed by atoms with Gasteiger partial charge in [0.25, 0.3) is 5.60 Å². The van der Waals surface area contributed by atoms with Crippen LogP contribution in [0.5, 0.6) is 0 Å². The van der Waals surface area contributed by atoms with Crippen molar-refractivity contribution in [3.63, 3.8) is 0 Å². The maximum Gasteiger partial charge on any atom is 0.427 e. The molecule has 0 aliphatic carbocycles. The molecule has 144 valence electrons. The van der Waals surface area contributed by atoms with Crippen molar-refractivity contribution in [3.8, 4) is 0 Å². The first-order chi connectivity index (χ1) is 10.9. The van der Waals surface area contributed by atoms with Crippen LogP contribution in [0.15, 0.2) is 12.2 Å². The number of carbonyl (C=O) groups is 3. The van der Waals surface area contributed by atoms with Crippen molar-refractivity contribution in [3.05, 3.63) is 12.2 Å². The van der Waals surface area contributed by atoms with E-state index in [1.807, 2.05) is 0 Å². The highest BCUT2D eigenvalue weighted by Gasteiger charge is 2.68. The molecule has 0 fully saturated rings. The summed E-state index contributed by atoms with van der Waals surface area (Å²) in [4.78, 5) is 34.8. The standard InChI is InChI=1S/C14H17F5O6/c1-7(2)8(20)24-12(5,9(21)23-6)13(15,16)10(22)25-11(3,4)14(17,18)19/h1H2,2-6H3. The van der Waals surface area contributed by atoms with E-state index in [2.05, 4.69) is 20.8 Å². The van der Waals surface area contributed by atoms with Gasteiger partial charge in [0.2, 0.25) is 5.60 Å². The van der Waals surface area contributed by atoms with Gasteiger partial charge in [-0.1, -0.05) is 6.58 Å². The molecule has 0 amide bonds. The van der Waals surface area contributed by atoms with Crippen LogP contribution in [0.1, 0.15) is 27.7 Å². The number of ether oxygens (including phenoxy) is 3. The summed E-state index contributed by atoms with van der Waals surface area (Å²) in [6, 6.07) is 0. The van der Waals surface area contributed by atoms with Crippen molar-refractivity contribution < 1.29 is 50.5 Å². The second kappa shape index (κ2) is 6.96. The molecule has 0 aliphatic heterocycles. The Balaban J connectivity index is 5.92. The highest BCUT2D eigenvalue weighted by Crippen LogP contribution is 2.39. The van der Waals surface area contributed by atoms with Crippen molar-refractivity contribution >= 4 is 17.9 Å². The quantitative estimate of drug-likeness (QED) is 0.307. The average Bonchev–Trinajstić information content (AvgIpc) is 2.43. The van der Waals surface area contributed by atoms with E-state index in [9.17, 15) is 36.3 Å². The number of carbonyl (C=O) groups excluding carboxylic acids is 3. The Morgan fingerprint density at radius 1 is 0.880 bits per heavy atom. The summed E-state index contributed by atoms with van der Waals surface area (Å²) >= 11 is 0. The third kappa shape index (κ3) is 4.45. The molecule has 1 atom stereocenters. The number of alkyl halides is 5. The average molecular weight is 376 g/mol. The SMILES string of the molecule is C=C(C)C(=O)OC(C)(C(=O)OC)C(F)(F)C(=O)OC(C)(C)C(F)(F)F. The maximum absolute atomic E-state index is 14.4. The molecule has 6 nitrogen and oxygen atoms in total. The van der Waals surface area contributed by atoms with Crippen molar-refractivity contribution in [2.45, 2.75) is 51.0 Å². The van der Waals surface area contributed by atoms with Gasteiger partial charge < -0.3 is 14.2 Å². The van der Waals surface area contributed by atoms with Gasteiger partial charge in [0.1, 0.15) is 0 Å².